The molecule has 0 spiro atoms. The summed E-state index contributed by atoms with van der Waals surface area (Å²) in [6.45, 7) is -0.405. The minimum atomic E-state index is -4.48. The van der Waals surface area contributed by atoms with Crippen LogP contribution in [0.4, 0.5) is 18.9 Å². The Kier molecular flexibility index (Phi) is 5.66. The van der Waals surface area contributed by atoms with Gasteiger partial charge in [-0.3, -0.25) is 14.2 Å². The number of nitrogens with one attached hydrogen (secondary N) is 1. The number of rotatable bonds is 5. The number of fused-ring (bicyclic) bond motifs is 1. The summed E-state index contributed by atoms with van der Waals surface area (Å²) in [4.78, 5) is 29.1. The average Bonchev–Trinajstić information content (AvgIpc) is 3.15. The topological polar surface area (TPSA) is 94.7 Å². The van der Waals surface area contributed by atoms with Gasteiger partial charge in [0, 0.05) is 0 Å². The lowest BCUT2D eigenvalue weighted by Gasteiger charge is -2.09. The molecule has 32 heavy (non-hydrogen) atoms. The molecule has 4 rings (SSSR count). The van der Waals surface area contributed by atoms with Crippen LogP contribution in [-0.2, 0) is 24.1 Å². The van der Waals surface area contributed by atoms with Crippen LogP contribution in [0.1, 0.15) is 11.1 Å². The number of carbonyl (C=O) groups excluding carboxylic acids is 1. The van der Waals surface area contributed by atoms with Crippen molar-refractivity contribution in [3.05, 3.63) is 81.4 Å². The van der Waals surface area contributed by atoms with E-state index in [0.29, 0.717) is 16.3 Å². The van der Waals surface area contributed by atoms with Crippen LogP contribution in [0.2, 0.25) is 5.02 Å². The van der Waals surface area contributed by atoms with Crippen molar-refractivity contribution >= 4 is 34.4 Å². The van der Waals surface area contributed by atoms with Crippen LogP contribution in [0, 0.1) is 0 Å². The first-order valence-electron chi connectivity index (χ1n) is 9.21. The number of benzene rings is 2. The van der Waals surface area contributed by atoms with Crippen LogP contribution in [0.25, 0.3) is 11.2 Å². The number of hydrogen-bond acceptors (Lipinski definition) is 5. The highest BCUT2D eigenvalue weighted by molar-refractivity contribution is 6.33. The van der Waals surface area contributed by atoms with Gasteiger partial charge in [0.05, 0.1) is 22.8 Å². The van der Waals surface area contributed by atoms with Crippen molar-refractivity contribution in [1.82, 2.24) is 24.5 Å². The summed E-state index contributed by atoms with van der Waals surface area (Å²) in [5, 5.41) is 10.6. The Morgan fingerprint density at radius 2 is 1.91 bits per heavy atom. The van der Waals surface area contributed by atoms with Gasteiger partial charge >= 0.3 is 6.18 Å². The minimum absolute atomic E-state index is 0.0656. The second-order valence-corrected chi connectivity index (χ2v) is 7.23. The van der Waals surface area contributed by atoms with Crippen molar-refractivity contribution in [2.24, 2.45) is 0 Å². The van der Waals surface area contributed by atoms with Crippen LogP contribution in [0.5, 0.6) is 0 Å². The number of anilines is 1. The number of para-hydroxylation sites is 1. The van der Waals surface area contributed by atoms with Crippen molar-refractivity contribution < 1.29 is 18.0 Å². The molecule has 8 nitrogen and oxygen atoms in total. The maximum atomic E-state index is 12.9. The molecule has 0 bridgehead atoms. The summed E-state index contributed by atoms with van der Waals surface area (Å²) in [6, 6.07) is 11.4. The molecule has 0 saturated carbocycles. The van der Waals surface area contributed by atoms with Gasteiger partial charge in [-0.05, 0) is 29.8 Å². The lowest BCUT2D eigenvalue weighted by atomic mass is 10.1. The Labute approximate surface area is 183 Å². The fourth-order valence-electron chi connectivity index (χ4n) is 3.03. The Morgan fingerprint density at radius 3 is 2.66 bits per heavy atom. The molecule has 0 fully saturated rings. The fraction of sp³-hybridized carbons (Fsp3) is 0.150. The Balaban J connectivity index is 1.56. The predicted octanol–water partition coefficient (Wildman–Crippen LogP) is 3.35. The molecule has 1 amide bonds. The average molecular weight is 463 g/mol. The van der Waals surface area contributed by atoms with Gasteiger partial charge in [-0.15, -0.1) is 5.10 Å². The normalized spacial score (nSPS) is 11.6. The molecule has 12 heteroatoms. The minimum Gasteiger partial charge on any atom is -0.323 e. The first-order valence-corrected chi connectivity index (χ1v) is 9.59. The Hall–Kier alpha value is -3.73. The van der Waals surface area contributed by atoms with Gasteiger partial charge in [0.2, 0.25) is 5.91 Å². The van der Waals surface area contributed by atoms with Crippen LogP contribution in [0.3, 0.4) is 0 Å². The van der Waals surface area contributed by atoms with Crippen molar-refractivity contribution in [3.8, 4) is 0 Å². The first kappa shape index (κ1) is 21.5. The van der Waals surface area contributed by atoms with Gasteiger partial charge in [0.25, 0.3) is 5.56 Å². The van der Waals surface area contributed by atoms with E-state index in [1.165, 1.54) is 16.8 Å². The molecule has 2 aromatic carbocycles. The maximum Gasteiger partial charge on any atom is 0.416 e. The van der Waals surface area contributed by atoms with Crippen LogP contribution in [0.15, 0.2) is 59.7 Å². The number of carbonyl (C=O) groups is 1. The summed E-state index contributed by atoms with van der Waals surface area (Å²) in [5.74, 6) is -0.502. The maximum absolute atomic E-state index is 12.9. The van der Waals surface area contributed by atoms with Crippen LogP contribution < -0.4 is 10.9 Å². The Bertz CT molecular complexity index is 1370. The van der Waals surface area contributed by atoms with Crippen LogP contribution >= 0.6 is 11.6 Å². The zero-order valence-corrected chi connectivity index (χ0v) is 16.9. The number of hydrogen-bond donors (Lipinski definition) is 1. The lowest BCUT2D eigenvalue weighted by molar-refractivity contribution is -0.137. The van der Waals surface area contributed by atoms with Gasteiger partial charge < -0.3 is 5.32 Å². The molecule has 4 aromatic rings. The number of nitrogens with zero attached hydrogens (tertiary/aromatic N) is 5. The summed E-state index contributed by atoms with van der Waals surface area (Å²) in [6.07, 6.45) is -3.32. The molecular formula is C20H14ClF3N6O2. The third-order valence-corrected chi connectivity index (χ3v) is 4.87. The standard InChI is InChI=1S/C20H14ClF3N6O2/c21-14-6-1-2-7-15(14)26-16(31)10-29-11-25-18-17(19(29)32)27-28-30(18)9-12-4-3-5-13(8-12)20(22,23)24/h1-8,11H,9-10H2,(H,26,31). The molecule has 0 radical (unpaired) electrons. The van der Waals surface area contributed by atoms with E-state index in [0.717, 1.165) is 23.0 Å². The highest BCUT2D eigenvalue weighted by atomic mass is 35.5. The number of aromatic nitrogens is 5. The quantitative estimate of drug-likeness (QED) is 0.491. The second kappa shape index (κ2) is 8.42. The SMILES string of the molecule is O=C(Cn1cnc2c(nnn2Cc2cccc(C(F)(F)F)c2)c1=O)Nc1ccccc1Cl. The summed E-state index contributed by atoms with van der Waals surface area (Å²) in [5.41, 5.74) is -0.705. The van der Waals surface area contributed by atoms with E-state index in [4.69, 9.17) is 11.6 Å². The lowest BCUT2D eigenvalue weighted by Crippen LogP contribution is -2.28. The fourth-order valence-corrected chi connectivity index (χ4v) is 3.22. The first-order chi connectivity index (χ1) is 15.2. The molecule has 0 atom stereocenters. The zero-order chi connectivity index (χ0) is 22.9. The monoisotopic (exact) mass is 462 g/mol. The summed E-state index contributed by atoms with van der Waals surface area (Å²) >= 11 is 6.01. The van der Waals surface area contributed by atoms with Gasteiger partial charge in [-0.2, -0.15) is 13.2 Å². The smallest absolute Gasteiger partial charge is 0.323 e. The van der Waals surface area contributed by atoms with E-state index < -0.39 is 23.2 Å². The molecule has 164 valence electrons. The molecule has 2 heterocycles. The third kappa shape index (κ3) is 4.47. The van der Waals surface area contributed by atoms with Crippen LogP contribution in [-0.4, -0.2) is 30.5 Å². The summed E-state index contributed by atoms with van der Waals surface area (Å²) < 4.78 is 41.1. The van der Waals surface area contributed by atoms with E-state index in [1.54, 1.807) is 24.3 Å². The largest absolute Gasteiger partial charge is 0.416 e. The molecule has 2 aromatic heterocycles. The molecular weight excluding hydrogens is 449 g/mol. The van der Waals surface area contributed by atoms with Gasteiger partial charge in [-0.1, -0.05) is 41.1 Å². The van der Waals surface area contributed by atoms with E-state index in [1.807, 2.05) is 0 Å². The molecule has 0 unspecified atom stereocenters. The molecule has 0 aliphatic carbocycles. The summed E-state index contributed by atoms with van der Waals surface area (Å²) in [7, 11) is 0. The zero-order valence-electron chi connectivity index (χ0n) is 16.2. The number of halogens is 4. The molecule has 1 N–H and O–H groups in total. The van der Waals surface area contributed by atoms with E-state index >= 15 is 0 Å². The highest BCUT2D eigenvalue weighted by Gasteiger charge is 2.30. The predicted molar refractivity (Wildman–Crippen MR) is 110 cm³/mol. The van der Waals surface area contributed by atoms with Gasteiger partial charge in [0.1, 0.15) is 12.9 Å². The van der Waals surface area contributed by atoms with Crippen molar-refractivity contribution in [2.75, 3.05) is 5.32 Å². The molecule has 0 aliphatic heterocycles. The van der Waals surface area contributed by atoms with E-state index in [-0.39, 0.29) is 24.3 Å². The van der Waals surface area contributed by atoms with E-state index in [9.17, 15) is 22.8 Å². The van der Waals surface area contributed by atoms with Crippen molar-refractivity contribution in [2.45, 2.75) is 19.3 Å². The van der Waals surface area contributed by atoms with Gasteiger partial charge in [-0.25, -0.2) is 9.67 Å². The Morgan fingerprint density at radius 1 is 1.12 bits per heavy atom. The van der Waals surface area contributed by atoms with Gasteiger partial charge in [0.15, 0.2) is 11.2 Å². The number of amides is 1. The molecule has 0 aliphatic rings. The highest BCUT2D eigenvalue weighted by Crippen LogP contribution is 2.29. The number of alkyl halides is 3. The van der Waals surface area contributed by atoms with E-state index in [2.05, 4.69) is 20.6 Å². The van der Waals surface area contributed by atoms with Crippen molar-refractivity contribution in [3.63, 3.8) is 0 Å². The molecule has 0 saturated heterocycles. The van der Waals surface area contributed by atoms with Crippen molar-refractivity contribution in [1.29, 1.82) is 0 Å². The second-order valence-electron chi connectivity index (χ2n) is 6.82. The third-order valence-electron chi connectivity index (χ3n) is 4.54.